The van der Waals surface area contributed by atoms with Gasteiger partial charge in [0.15, 0.2) is 0 Å². The molecule has 2 N–H and O–H groups in total. The number of rotatable bonds is 4. The molecule has 0 radical (unpaired) electrons. The number of benzene rings is 1. The number of aromatic nitrogens is 3. The van der Waals surface area contributed by atoms with Gasteiger partial charge in [-0.15, -0.1) is 5.10 Å². The summed E-state index contributed by atoms with van der Waals surface area (Å²) < 4.78 is 1.76. The maximum atomic E-state index is 12.3. The fourth-order valence-corrected chi connectivity index (χ4v) is 2.99. The first-order valence-electron chi connectivity index (χ1n) is 6.94. The van der Waals surface area contributed by atoms with Gasteiger partial charge in [-0.2, -0.15) is 0 Å². The first kappa shape index (κ1) is 15.3. The highest BCUT2D eigenvalue weighted by atomic mass is 35.5. The van der Waals surface area contributed by atoms with Gasteiger partial charge in [-0.1, -0.05) is 40.5 Å². The number of hydrogen-bond donors (Lipinski definition) is 2. The molecule has 1 aliphatic rings. The normalized spacial score (nSPS) is 21.0. The van der Waals surface area contributed by atoms with E-state index in [0.29, 0.717) is 16.6 Å². The molecule has 8 heteroatoms. The Morgan fingerprint density at radius 1 is 1.41 bits per heavy atom. The second kappa shape index (κ2) is 6.64. The smallest absolute Gasteiger partial charge is 0.224 e. The summed E-state index contributed by atoms with van der Waals surface area (Å²) in [5, 5.41) is 15.0. The summed E-state index contributed by atoms with van der Waals surface area (Å²) in [5.74, 6) is -0.0945. The zero-order chi connectivity index (χ0) is 15.5. The van der Waals surface area contributed by atoms with Crippen LogP contribution in [-0.2, 0) is 11.2 Å². The Morgan fingerprint density at radius 3 is 3.05 bits per heavy atom. The first-order chi connectivity index (χ1) is 10.6. The van der Waals surface area contributed by atoms with Gasteiger partial charge in [0.05, 0.1) is 34.7 Å². The van der Waals surface area contributed by atoms with E-state index >= 15 is 0 Å². The Balaban J connectivity index is 1.65. The van der Waals surface area contributed by atoms with Gasteiger partial charge < -0.3 is 10.6 Å². The fraction of sp³-hybridized carbons (Fsp3) is 0.357. The highest BCUT2D eigenvalue weighted by Crippen LogP contribution is 2.26. The van der Waals surface area contributed by atoms with E-state index in [4.69, 9.17) is 23.2 Å². The summed E-state index contributed by atoms with van der Waals surface area (Å²) in [7, 11) is 0. The minimum absolute atomic E-state index is 0.0350. The van der Waals surface area contributed by atoms with Crippen LogP contribution in [0, 0.1) is 0 Å². The van der Waals surface area contributed by atoms with E-state index in [-0.39, 0.29) is 24.4 Å². The third-order valence-corrected chi connectivity index (χ3v) is 4.55. The molecule has 0 saturated carbocycles. The molecule has 1 saturated heterocycles. The van der Waals surface area contributed by atoms with Crippen molar-refractivity contribution in [1.29, 1.82) is 0 Å². The van der Waals surface area contributed by atoms with Gasteiger partial charge in [-0.3, -0.25) is 4.79 Å². The van der Waals surface area contributed by atoms with Crippen molar-refractivity contribution in [3.8, 4) is 0 Å². The molecule has 22 heavy (non-hydrogen) atoms. The lowest BCUT2D eigenvalue weighted by atomic mass is 10.1. The van der Waals surface area contributed by atoms with Crippen molar-refractivity contribution >= 4 is 29.1 Å². The Bertz CT molecular complexity index is 661. The van der Waals surface area contributed by atoms with Crippen molar-refractivity contribution in [2.45, 2.75) is 18.5 Å². The van der Waals surface area contributed by atoms with Crippen molar-refractivity contribution in [1.82, 2.24) is 25.6 Å². The monoisotopic (exact) mass is 339 g/mol. The van der Waals surface area contributed by atoms with Gasteiger partial charge in [0.2, 0.25) is 5.91 Å². The van der Waals surface area contributed by atoms with Crippen LogP contribution >= 0.6 is 23.2 Å². The molecule has 1 aliphatic heterocycles. The molecule has 3 rings (SSSR count). The molecule has 1 fully saturated rings. The number of carbonyl (C=O) groups excluding carboxylic acids is 1. The van der Waals surface area contributed by atoms with Crippen LogP contribution in [0.15, 0.2) is 30.6 Å². The zero-order valence-corrected chi connectivity index (χ0v) is 13.2. The lowest BCUT2D eigenvalue weighted by Gasteiger charge is -2.20. The molecule has 1 aromatic heterocycles. The summed E-state index contributed by atoms with van der Waals surface area (Å²) in [6, 6.07) is 5.31. The minimum Gasteiger partial charge on any atom is -0.350 e. The van der Waals surface area contributed by atoms with Crippen molar-refractivity contribution in [3.63, 3.8) is 0 Å². The van der Waals surface area contributed by atoms with Crippen LogP contribution in [0.25, 0.3) is 0 Å². The Labute approximate surface area is 137 Å². The number of amides is 1. The van der Waals surface area contributed by atoms with Crippen molar-refractivity contribution < 1.29 is 4.79 Å². The molecule has 1 amide bonds. The van der Waals surface area contributed by atoms with Crippen LogP contribution in [0.3, 0.4) is 0 Å². The predicted octanol–water partition coefficient (Wildman–Crippen LogP) is 1.46. The highest BCUT2D eigenvalue weighted by Gasteiger charge is 2.30. The van der Waals surface area contributed by atoms with Gasteiger partial charge in [-0.25, -0.2) is 4.68 Å². The van der Waals surface area contributed by atoms with E-state index < -0.39 is 0 Å². The van der Waals surface area contributed by atoms with Crippen LogP contribution in [0.4, 0.5) is 0 Å². The topological polar surface area (TPSA) is 71.8 Å². The van der Waals surface area contributed by atoms with Crippen molar-refractivity contribution in [2.24, 2.45) is 0 Å². The number of nitrogens with one attached hydrogen (secondary N) is 2. The SMILES string of the molecule is O=C(Cc1cccc(Cl)c1Cl)N[C@@H]1CNC[C@@H]1n1ccnn1. The molecule has 0 unspecified atom stereocenters. The molecule has 0 spiro atoms. The van der Waals surface area contributed by atoms with E-state index in [1.807, 2.05) is 0 Å². The summed E-state index contributed by atoms with van der Waals surface area (Å²) in [6.45, 7) is 1.44. The summed E-state index contributed by atoms with van der Waals surface area (Å²) >= 11 is 12.1. The van der Waals surface area contributed by atoms with Crippen LogP contribution in [0.2, 0.25) is 10.0 Å². The van der Waals surface area contributed by atoms with Crippen LogP contribution in [0.1, 0.15) is 11.6 Å². The van der Waals surface area contributed by atoms with Crippen LogP contribution < -0.4 is 10.6 Å². The summed E-state index contributed by atoms with van der Waals surface area (Å²) in [4.78, 5) is 12.3. The van der Waals surface area contributed by atoms with E-state index in [2.05, 4.69) is 20.9 Å². The third kappa shape index (κ3) is 3.24. The molecular formula is C14H15Cl2N5O. The standard InChI is InChI=1S/C14H15Cl2N5O/c15-10-3-1-2-9(14(10)16)6-13(22)19-11-7-17-8-12(11)21-5-4-18-20-21/h1-5,11-12,17H,6-8H2,(H,19,22)/t11-,12+/m1/s1. The van der Waals surface area contributed by atoms with Crippen molar-refractivity contribution in [2.75, 3.05) is 13.1 Å². The van der Waals surface area contributed by atoms with Gasteiger partial charge in [0, 0.05) is 19.3 Å². The fourth-order valence-electron chi connectivity index (χ4n) is 2.60. The predicted molar refractivity (Wildman–Crippen MR) is 84.0 cm³/mol. The lowest BCUT2D eigenvalue weighted by Crippen LogP contribution is -2.42. The average molecular weight is 340 g/mol. The van der Waals surface area contributed by atoms with E-state index in [1.54, 1.807) is 35.3 Å². The van der Waals surface area contributed by atoms with Gasteiger partial charge >= 0.3 is 0 Å². The molecule has 0 aliphatic carbocycles. The van der Waals surface area contributed by atoms with Gasteiger partial charge in [0.1, 0.15) is 0 Å². The summed E-state index contributed by atoms with van der Waals surface area (Å²) in [5.41, 5.74) is 0.718. The summed E-state index contributed by atoms with van der Waals surface area (Å²) in [6.07, 6.45) is 3.62. The molecule has 6 nitrogen and oxygen atoms in total. The molecule has 2 heterocycles. The second-order valence-electron chi connectivity index (χ2n) is 5.17. The van der Waals surface area contributed by atoms with Crippen LogP contribution in [-0.4, -0.2) is 40.0 Å². The number of nitrogens with zero attached hydrogens (tertiary/aromatic N) is 3. The van der Waals surface area contributed by atoms with E-state index in [9.17, 15) is 4.79 Å². The maximum Gasteiger partial charge on any atom is 0.224 e. The second-order valence-corrected chi connectivity index (χ2v) is 5.96. The lowest BCUT2D eigenvalue weighted by molar-refractivity contribution is -0.121. The average Bonchev–Trinajstić information content (AvgIpc) is 3.14. The molecule has 116 valence electrons. The van der Waals surface area contributed by atoms with Gasteiger partial charge in [0.25, 0.3) is 0 Å². The quantitative estimate of drug-likeness (QED) is 0.884. The van der Waals surface area contributed by atoms with Gasteiger partial charge in [-0.05, 0) is 11.6 Å². The largest absolute Gasteiger partial charge is 0.350 e. The third-order valence-electron chi connectivity index (χ3n) is 3.69. The van der Waals surface area contributed by atoms with Crippen LogP contribution in [0.5, 0.6) is 0 Å². The Hall–Kier alpha value is -1.63. The highest BCUT2D eigenvalue weighted by molar-refractivity contribution is 6.42. The van der Waals surface area contributed by atoms with E-state index in [1.165, 1.54) is 0 Å². The molecule has 2 atom stereocenters. The minimum atomic E-state index is -0.0945. The Morgan fingerprint density at radius 2 is 2.27 bits per heavy atom. The molecule has 1 aromatic carbocycles. The Kier molecular flexibility index (Phi) is 4.61. The zero-order valence-electron chi connectivity index (χ0n) is 11.7. The first-order valence-corrected chi connectivity index (χ1v) is 7.69. The van der Waals surface area contributed by atoms with Crippen molar-refractivity contribution in [3.05, 3.63) is 46.2 Å². The maximum absolute atomic E-state index is 12.3. The number of carbonyl (C=O) groups is 1. The number of hydrogen-bond acceptors (Lipinski definition) is 4. The number of halogens is 2. The molecule has 0 bridgehead atoms. The molecule has 2 aromatic rings. The van der Waals surface area contributed by atoms with E-state index in [0.717, 1.165) is 12.1 Å². The molecular weight excluding hydrogens is 325 g/mol.